The van der Waals surface area contributed by atoms with E-state index in [0.717, 1.165) is 61.4 Å². The number of aliphatic hydroxyl groups excluding tert-OH is 1. The van der Waals surface area contributed by atoms with Crippen molar-refractivity contribution in [3.63, 3.8) is 0 Å². The highest BCUT2D eigenvalue weighted by molar-refractivity contribution is 7.80. The van der Waals surface area contributed by atoms with Crippen molar-refractivity contribution in [1.29, 1.82) is 0 Å². The second-order valence-electron chi connectivity index (χ2n) is 5.51. The first-order valence-electron chi connectivity index (χ1n) is 7.66. The van der Waals surface area contributed by atoms with Gasteiger partial charge in [-0.2, -0.15) is 5.10 Å². The van der Waals surface area contributed by atoms with Crippen LogP contribution in [-0.2, 0) is 12.8 Å². The minimum absolute atomic E-state index is 0.261. The number of nitrogens with two attached hydrogens (primary N) is 1. The fraction of sp³-hybridized carbons (Fsp3) is 0.667. The van der Waals surface area contributed by atoms with E-state index in [9.17, 15) is 5.11 Å². The molecule has 21 heavy (non-hydrogen) atoms. The maximum absolute atomic E-state index is 9.25. The summed E-state index contributed by atoms with van der Waals surface area (Å²) in [5.74, 6) is 1.20. The molecule has 0 spiro atoms. The first-order valence-corrected chi connectivity index (χ1v) is 8.07. The molecule has 0 amide bonds. The van der Waals surface area contributed by atoms with Crippen LogP contribution in [0, 0.1) is 5.92 Å². The molecule has 1 fully saturated rings. The van der Waals surface area contributed by atoms with Crippen LogP contribution in [0.2, 0.25) is 0 Å². The molecule has 0 unspecified atom stereocenters. The zero-order valence-corrected chi connectivity index (χ0v) is 13.6. The van der Waals surface area contributed by atoms with Crippen LogP contribution in [0.15, 0.2) is 0 Å². The Balaban J connectivity index is 2.37. The van der Waals surface area contributed by atoms with E-state index >= 15 is 0 Å². The van der Waals surface area contributed by atoms with E-state index in [2.05, 4.69) is 28.9 Å². The third-order valence-corrected chi connectivity index (χ3v) is 4.45. The van der Waals surface area contributed by atoms with Gasteiger partial charge in [0.2, 0.25) is 0 Å². The minimum Gasteiger partial charge on any atom is -0.396 e. The topological polar surface area (TPSA) is 75.3 Å². The van der Waals surface area contributed by atoms with E-state index in [4.69, 9.17) is 18.0 Å². The Morgan fingerprint density at radius 3 is 2.43 bits per heavy atom. The third-order valence-electron chi connectivity index (χ3n) is 4.25. The predicted molar refractivity (Wildman–Crippen MR) is 88.7 cm³/mol. The lowest BCUT2D eigenvalue weighted by molar-refractivity contribution is 0.202. The molecule has 1 aliphatic rings. The molecule has 1 aliphatic heterocycles. The number of aromatic nitrogens is 2. The number of piperidine rings is 1. The quantitative estimate of drug-likeness (QED) is 0.802. The van der Waals surface area contributed by atoms with E-state index in [1.807, 2.05) is 0 Å². The third kappa shape index (κ3) is 3.32. The van der Waals surface area contributed by atoms with Gasteiger partial charge in [0.05, 0.1) is 11.3 Å². The first-order chi connectivity index (χ1) is 10.1. The standard InChI is InChI=1S/C15H24N4OS/c1-3-11-12(4-2)17-18-15(13(11)14(16)21)19-7-5-10(9-20)6-8-19/h10,20H,3-9H2,1-2H3,(H2,16,21). The average molecular weight is 308 g/mol. The van der Waals surface area contributed by atoms with Gasteiger partial charge in [0, 0.05) is 19.7 Å². The minimum atomic E-state index is 0.261. The summed E-state index contributed by atoms with van der Waals surface area (Å²) in [6.45, 7) is 6.16. The van der Waals surface area contributed by atoms with Gasteiger partial charge in [0.25, 0.3) is 0 Å². The molecule has 3 N–H and O–H groups in total. The van der Waals surface area contributed by atoms with E-state index in [0.29, 0.717) is 10.9 Å². The zero-order chi connectivity index (χ0) is 15.4. The van der Waals surface area contributed by atoms with E-state index < -0.39 is 0 Å². The lowest BCUT2D eigenvalue weighted by Gasteiger charge is -2.33. The molecular formula is C15H24N4OS. The first kappa shape index (κ1) is 16.1. The highest BCUT2D eigenvalue weighted by Crippen LogP contribution is 2.27. The number of rotatable bonds is 5. The van der Waals surface area contributed by atoms with Crippen molar-refractivity contribution in [2.24, 2.45) is 11.7 Å². The summed E-state index contributed by atoms with van der Waals surface area (Å²) in [6.07, 6.45) is 3.61. The maximum Gasteiger partial charge on any atom is 0.161 e. The monoisotopic (exact) mass is 308 g/mol. The van der Waals surface area contributed by atoms with Crippen LogP contribution in [0.5, 0.6) is 0 Å². The van der Waals surface area contributed by atoms with Crippen molar-refractivity contribution in [1.82, 2.24) is 10.2 Å². The molecule has 0 saturated carbocycles. The highest BCUT2D eigenvalue weighted by atomic mass is 32.1. The molecular weight excluding hydrogens is 284 g/mol. The van der Waals surface area contributed by atoms with Crippen molar-refractivity contribution in [2.75, 3.05) is 24.6 Å². The van der Waals surface area contributed by atoms with Crippen molar-refractivity contribution >= 4 is 23.0 Å². The van der Waals surface area contributed by atoms with Gasteiger partial charge in [-0.1, -0.05) is 26.1 Å². The van der Waals surface area contributed by atoms with Crippen LogP contribution in [0.1, 0.15) is 43.5 Å². The van der Waals surface area contributed by atoms with Gasteiger partial charge < -0.3 is 15.7 Å². The van der Waals surface area contributed by atoms with Crippen LogP contribution in [0.25, 0.3) is 0 Å². The van der Waals surface area contributed by atoms with Crippen molar-refractivity contribution in [3.05, 3.63) is 16.8 Å². The number of thiocarbonyl (C=S) groups is 1. The molecule has 6 heteroatoms. The Morgan fingerprint density at radius 2 is 1.95 bits per heavy atom. The molecule has 5 nitrogen and oxygen atoms in total. The van der Waals surface area contributed by atoms with Crippen LogP contribution in [0.4, 0.5) is 5.82 Å². The van der Waals surface area contributed by atoms with Gasteiger partial charge >= 0.3 is 0 Å². The molecule has 0 atom stereocenters. The smallest absolute Gasteiger partial charge is 0.161 e. The summed E-state index contributed by atoms with van der Waals surface area (Å²) >= 11 is 5.27. The molecule has 1 aromatic rings. The molecule has 2 heterocycles. The van der Waals surface area contributed by atoms with Crippen LogP contribution in [0.3, 0.4) is 0 Å². The van der Waals surface area contributed by atoms with Crippen molar-refractivity contribution in [2.45, 2.75) is 39.5 Å². The Hall–Kier alpha value is -1.27. The van der Waals surface area contributed by atoms with Gasteiger partial charge in [-0.25, -0.2) is 0 Å². The van der Waals surface area contributed by atoms with Gasteiger partial charge in [-0.05, 0) is 37.2 Å². The fourth-order valence-corrected chi connectivity index (χ4v) is 3.18. The SMILES string of the molecule is CCc1nnc(N2CCC(CO)CC2)c(C(N)=S)c1CC. The van der Waals surface area contributed by atoms with Crippen molar-refractivity contribution in [3.8, 4) is 0 Å². The lowest BCUT2D eigenvalue weighted by Crippen LogP contribution is -2.37. The number of nitrogens with zero attached hydrogens (tertiary/aromatic N) is 3. The second-order valence-corrected chi connectivity index (χ2v) is 5.95. The molecule has 0 radical (unpaired) electrons. The summed E-state index contributed by atoms with van der Waals surface area (Å²) in [6, 6.07) is 0. The Morgan fingerprint density at radius 1 is 1.29 bits per heavy atom. The summed E-state index contributed by atoms with van der Waals surface area (Å²) in [7, 11) is 0. The molecule has 1 aromatic heterocycles. The van der Waals surface area contributed by atoms with Crippen LogP contribution in [-0.4, -0.2) is 40.0 Å². The molecule has 0 aliphatic carbocycles. The number of aryl methyl sites for hydroxylation is 1. The molecule has 0 bridgehead atoms. The summed E-state index contributed by atoms with van der Waals surface area (Å²) < 4.78 is 0. The molecule has 1 saturated heterocycles. The van der Waals surface area contributed by atoms with Crippen molar-refractivity contribution < 1.29 is 5.11 Å². The van der Waals surface area contributed by atoms with E-state index in [1.165, 1.54) is 0 Å². The van der Waals surface area contributed by atoms with Crippen LogP contribution >= 0.6 is 12.2 Å². The Kier molecular flexibility index (Phi) is 5.47. The number of anilines is 1. The zero-order valence-electron chi connectivity index (χ0n) is 12.8. The van der Waals surface area contributed by atoms with E-state index in [-0.39, 0.29) is 6.61 Å². The largest absolute Gasteiger partial charge is 0.396 e. The van der Waals surface area contributed by atoms with Gasteiger partial charge in [0.15, 0.2) is 5.82 Å². The molecule has 0 aromatic carbocycles. The normalized spacial score (nSPS) is 16.2. The molecule has 2 rings (SSSR count). The average Bonchev–Trinajstić information content (AvgIpc) is 2.53. The maximum atomic E-state index is 9.25. The van der Waals surface area contributed by atoms with Gasteiger partial charge in [-0.15, -0.1) is 5.10 Å². The summed E-state index contributed by atoms with van der Waals surface area (Å²) in [5, 5.41) is 18.0. The van der Waals surface area contributed by atoms with E-state index in [1.54, 1.807) is 0 Å². The van der Waals surface area contributed by atoms with Crippen LogP contribution < -0.4 is 10.6 Å². The lowest BCUT2D eigenvalue weighted by atomic mass is 9.96. The molecule has 116 valence electrons. The predicted octanol–water partition coefficient (Wildman–Crippen LogP) is 1.44. The number of aliphatic hydroxyl groups is 1. The summed E-state index contributed by atoms with van der Waals surface area (Å²) in [4.78, 5) is 2.60. The van der Waals surface area contributed by atoms with Gasteiger partial charge in [0.1, 0.15) is 4.99 Å². The Bertz CT molecular complexity index is 513. The second kappa shape index (κ2) is 7.13. The summed E-state index contributed by atoms with van der Waals surface area (Å²) in [5.41, 5.74) is 8.97. The van der Waals surface area contributed by atoms with Gasteiger partial charge in [-0.3, -0.25) is 0 Å². The number of hydrogen-bond acceptors (Lipinski definition) is 5. The number of hydrogen-bond donors (Lipinski definition) is 2. The fourth-order valence-electron chi connectivity index (χ4n) is 2.97. The highest BCUT2D eigenvalue weighted by Gasteiger charge is 2.25. The Labute approximate surface area is 131 Å².